The number of benzene rings is 2. The normalized spacial score (nSPS) is 12.0. The van der Waals surface area contributed by atoms with Crippen LogP contribution in [0.3, 0.4) is 0 Å². The molecule has 2 rings (SSSR count). The van der Waals surface area contributed by atoms with Crippen LogP contribution in [0.5, 0.6) is 5.75 Å². The summed E-state index contributed by atoms with van der Waals surface area (Å²) in [5, 5.41) is 3.55. The third-order valence-electron chi connectivity index (χ3n) is 4.98. The quantitative estimate of drug-likeness (QED) is 0.549. The van der Waals surface area contributed by atoms with E-state index in [1.807, 2.05) is 57.2 Å². The van der Waals surface area contributed by atoms with Crippen LogP contribution < -0.4 is 10.1 Å². The van der Waals surface area contributed by atoms with Gasteiger partial charge in [0, 0.05) is 17.6 Å². The molecule has 168 valence electrons. The molecule has 0 saturated heterocycles. The predicted octanol–water partition coefficient (Wildman–Crippen LogP) is 5.17. The minimum absolute atomic E-state index is 0.0109. The van der Waals surface area contributed by atoms with E-state index in [0.29, 0.717) is 23.7 Å². The van der Waals surface area contributed by atoms with Crippen molar-refractivity contribution in [2.75, 3.05) is 6.61 Å². The summed E-state index contributed by atoms with van der Waals surface area (Å²) < 4.78 is 5.91. The maximum atomic E-state index is 13.3. The summed E-state index contributed by atoms with van der Waals surface area (Å²) in [6.45, 7) is 10.0. The lowest BCUT2D eigenvalue weighted by Gasteiger charge is -2.31. The highest BCUT2D eigenvalue weighted by Crippen LogP contribution is 2.26. The number of halogens is 1. The molecule has 0 fully saturated rings. The summed E-state index contributed by atoms with van der Waals surface area (Å²) in [7, 11) is 0. The van der Waals surface area contributed by atoms with Crippen LogP contribution in [0.2, 0.25) is 5.02 Å². The van der Waals surface area contributed by atoms with E-state index in [4.69, 9.17) is 16.3 Å². The van der Waals surface area contributed by atoms with E-state index in [9.17, 15) is 9.59 Å². The Morgan fingerprint density at radius 1 is 1.03 bits per heavy atom. The highest BCUT2D eigenvalue weighted by Gasteiger charge is 2.29. The van der Waals surface area contributed by atoms with Gasteiger partial charge in [-0.2, -0.15) is 0 Å². The Bertz CT molecular complexity index is 865. The smallest absolute Gasteiger partial charge is 0.261 e. The van der Waals surface area contributed by atoms with E-state index in [2.05, 4.69) is 19.2 Å². The molecule has 0 radical (unpaired) electrons. The Morgan fingerprint density at radius 2 is 1.68 bits per heavy atom. The lowest BCUT2D eigenvalue weighted by Crippen LogP contribution is -2.51. The highest BCUT2D eigenvalue weighted by atomic mass is 35.5. The van der Waals surface area contributed by atoms with Crippen molar-refractivity contribution in [1.29, 1.82) is 0 Å². The molecule has 6 heteroatoms. The number of para-hydroxylation sites is 1. The van der Waals surface area contributed by atoms with Crippen molar-refractivity contribution in [2.24, 2.45) is 0 Å². The zero-order chi connectivity index (χ0) is 23.0. The number of ether oxygens (including phenoxy) is 1. The first-order chi connectivity index (χ1) is 14.7. The lowest BCUT2D eigenvalue weighted by molar-refractivity contribution is -0.143. The van der Waals surface area contributed by atoms with Crippen molar-refractivity contribution >= 4 is 23.4 Å². The number of nitrogens with one attached hydrogen (secondary N) is 1. The lowest BCUT2D eigenvalue weighted by atomic mass is 10.0. The molecule has 0 saturated carbocycles. The monoisotopic (exact) mass is 444 g/mol. The average molecular weight is 445 g/mol. The van der Waals surface area contributed by atoms with Crippen LogP contribution in [0.4, 0.5) is 0 Å². The third-order valence-corrected chi connectivity index (χ3v) is 5.23. The van der Waals surface area contributed by atoms with Gasteiger partial charge in [-0.3, -0.25) is 9.59 Å². The number of rotatable bonds is 10. The Kier molecular flexibility index (Phi) is 9.38. The average Bonchev–Trinajstić information content (AvgIpc) is 2.72. The number of carbonyl (C=O) groups excluding carboxylic acids is 2. The van der Waals surface area contributed by atoms with E-state index >= 15 is 0 Å². The number of amides is 2. The van der Waals surface area contributed by atoms with E-state index < -0.39 is 6.04 Å². The summed E-state index contributed by atoms with van der Waals surface area (Å²) in [4.78, 5) is 27.7. The molecule has 0 unspecified atom stereocenters. The molecule has 0 aliphatic heterocycles. The Labute approximate surface area is 190 Å². The van der Waals surface area contributed by atoms with Crippen LogP contribution in [0.25, 0.3) is 0 Å². The van der Waals surface area contributed by atoms with Gasteiger partial charge in [0.15, 0.2) is 6.61 Å². The molecule has 2 aromatic carbocycles. The summed E-state index contributed by atoms with van der Waals surface area (Å²) in [5.74, 6) is 0.565. The second kappa shape index (κ2) is 11.8. The molecule has 2 amide bonds. The van der Waals surface area contributed by atoms with Crippen molar-refractivity contribution in [3.63, 3.8) is 0 Å². The van der Waals surface area contributed by atoms with Crippen molar-refractivity contribution in [2.45, 2.75) is 65.6 Å². The first-order valence-corrected chi connectivity index (χ1v) is 11.2. The molecule has 5 nitrogen and oxygen atoms in total. The van der Waals surface area contributed by atoms with Gasteiger partial charge in [0.2, 0.25) is 5.91 Å². The fourth-order valence-corrected chi connectivity index (χ4v) is 3.52. The number of carbonyl (C=O) groups is 2. The maximum absolute atomic E-state index is 13.3. The standard InChI is InChI=1S/C25H33ClN2O3/c1-6-22(25(30)27-18(4)5)28(15-19-11-13-20(26)14-12-19)24(29)16-31-23-10-8-7-9-21(23)17(2)3/h7-14,17-18,22H,6,15-16H2,1-5H3,(H,27,30)/t22-/m1/s1. The second-order valence-corrected chi connectivity index (χ2v) is 8.65. The van der Waals surface area contributed by atoms with Crippen molar-refractivity contribution in [3.8, 4) is 5.75 Å². The van der Waals surface area contributed by atoms with Crippen LogP contribution in [0.15, 0.2) is 48.5 Å². The Morgan fingerprint density at radius 3 is 2.26 bits per heavy atom. The van der Waals surface area contributed by atoms with Gasteiger partial charge < -0.3 is 15.0 Å². The summed E-state index contributed by atoms with van der Waals surface area (Å²) in [5.41, 5.74) is 1.94. The van der Waals surface area contributed by atoms with Gasteiger partial charge in [0.05, 0.1) is 0 Å². The van der Waals surface area contributed by atoms with Crippen LogP contribution in [-0.2, 0) is 16.1 Å². The van der Waals surface area contributed by atoms with Gasteiger partial charge in [0.25, 0.3) is 5.91 Å². The van der Waals surface area contributed by atoms with Gasteiger partial charge >= 0.3 is 0 Å². The molecule has 1 atom stereocenters. The molecule has 0 heterocycles. The fraction of sp³-hybridized carbons (Fsp3) is 0.440. The minimum atomic E-state index is -0.588. The van der Waals surface area contributed by atoms with Crippen molar-refractivity contribution in [1.82, 2.24) is 10.2 Å². The molecule has 0 bridgehead atoms. The Hall–Kier alpha value is -2.53. The third kappa shape index (κ3) is 7.28. The van der Waals surface area contributed by atoms with Gasteiger partial charge in [-0.15, -0.1) is 0 Å². The molecular formula is C25H33ClN2O3. The van der Waals surface area contributed by atoms with Gasteiger partial charge in [-0.25, -0.2) is 0 Å². The first kappa shape index (κ1) is 24.7. The molecule has 0 aromatic heterocycles. The minimum Gasteiger partial charge on any atom is -0.483 e. The summed E-state index contributed by atoms with van der Waals surface area (Å²) in [6, 6.07) is 14.4. The van der Waals surface area contributed by atoms with Crippen LogP contribution in [0, 0.1) is 0 Å². The SMILES string of the molecule is CC[C@H](C(=O)NC(C)C)N(Cc1ccc(Cl)cc1)C(=O)COc1ccccc1C(C)C. The zero-order valence-corrected chi connectivity index (χ0v) is 19.8. The molecule has 0 aliphatic carbocycles. The van der Waals surface area contributed by atoms with E-state index in [1.54, 1.807) is 17.0 Å². The highest BCUT2D eigenvalue weighted by molar-refractivity contribution is 6.30. The van der Waals surface area contributed by atoms with Crippen molar-refractivity contribution in [3.05, 3.63) is 64.7 Å². The number of nitrogens with zero attached hydrogens (tertiary/aromatic N) is 1. The second-order valence-electron chi connectivity index (χ2n) is 8.22. The van der Waals surface area contributed by atoms with Crippen LogP contribution in [0.1, 0.15) is 58.1 Å². The molecule has 0 aliphatic rings. The molecule has 2 aromatic rings. The Balaban J connectivity index is 2.24. The van der Waals surface area contributed by atoms with Crippen LogP contribution in [-0.4, -0.2) is 35.4 Å². The van der Waals surface area contributed by atoms with Crippen LogP contribution >= 0.6 is 11.6 Å². The van der Waals surface area contributed by atoms with Gasteiger partial charge in [-0.1, -0.05) is 62.7 Å². The topological polar surface area (TPSA) is 58.6 Å². The number of hydrogen-bond acceptors (Lipinski definition) is 3. The van der Waals surface area contributed by atoms with E-state index in [0.717, 1.165) is 11.1 Å². The summed E-state index contributed by atoms with van der Waals surface area (Å²) >= 11 is 6.00. The fourth-order valence-electron chi connectivity index (χ4n) is 3.40. The number of hydrogen-bond donors (Lipinski definition) is 1. The largest absolute Gasteiger partial charge is 0.483 e. The maximum Gasteiger partial charge on any atom is 0.261 e. The molecule has 0 spiro atoms. The van der Waals surface area contributed by atoms with E-state index in [1.165, 1.54) is 0 Å². The predicted molar refractivity (Wildman–Crippen MR) is 125 cm³/mol. The van der Waals surface area contributed by atoms with Gasteiger partial charge in [0.1, 0.15) is 11.8 Å². The molecule has 1 N–H and O–H groups in total. The van der Waals surface area contributed by atoms with E-state index in [-0.39, 0.29) is 30.4 Å². The zero-order valence-electron chi connectivity index (χ0n) is 19.0. The molecule has 31 heavy (non-hydrogen) atoms. The molecular weight excluding hydrogens is 412 g/mol. The first-order valence-electron chi connectivity index (χ1n) is 10.8. The van der Waals surface area contributed by atoms with Gasteiger partial charge in [-0.05, 0) is 55.5 Å². The van der Waals surface area contributed by atoms with Crippen molar-refractivity contribution < 1.29 is 14.3 Å². The summed E-state index contributed by atoms with van der Waals surface area (Å²) in [6.07, 6.45) is 0.500.